The molecule has 0 nitrogen and oxygen atoms in total. The fourth-order valence-corrected chi connectivity index (χ4v) is 1.69. The Morgan fingerprint density at radius 3 is 2.50 bits per heavy atom. The molecule has 0 aliphatic carbocycles. The highest BCUT2D eigenvalue weighted by atomic mass is 79.9. The molecule has 0 N–H and O–H groups in total. The number of benzene rings is 1. The molecule has 0 atom stereocenters. The Balaban J connectivity index is 3.05. The molecule has 0 aliphatic rings. The lowest BCUT2D eigenvalue weighted by atomic mass is 10.2. The molecule has 0 fully saturated rings. The van der Waals surface area contributed by atoms with Crippen LogP contribution in [0.3, 0.4) is 0 Å². The zero-order chi connectivity index (χ0) is 9.14. The molecule has 4 heteroatoms. The Labute approximate surface area is 101 Å². The van der Waals surface area contributed by atoms with Crippen LogP contribution in [0.25, 0.3) is 6.08 Å². The Hall–Kier alpha value is 0.690. The second-order valence-electron chi connectivity index (χ2n) is 2.11. The summed E-state index contributed by atoms with van der Waals surface area (Å²) >= 11 is 15.8. The molecule has 0 radical (unpaired) electrons. The summed E-state index contributed by atoms with van der Waals surface area (Å²) in [5, 5.41) is 0.713. The van der Waals surface area contributed by atoms with Crippen molar-refractivity contribution in [1.29, 1.82) is 0 Å². The fourth-order valence-electron chi connectivity index (χ4n) is 0.728. The molecule has 0 aliphatic heterocycles. The molecule has 1 rings (SSSR count). The highest BCUT2D eigenvalue weighted by molar-refractivity contribution is 9.28. The Morgan fingerprint density at radius 2 is 2.00 bits per heavy atom. The summed E-state index contributed by atoms with van der Waals surface area (Å²) in [6, 6.07) is 5.77. The van der Waals surface area contributed by atoms with Crippen molar-refractivity contribution in [2.75, 3.05) is 0 Å². The summed E-state index contributed by atoms with van der Waals surface area (Å²) < 4.78 is 1.81. The van der Waals surface area contributed by atoms with Crippen molar-refractivity contribution in [3.63, 3.8) is 0 Å². The van der Waals surface area contributed by atoms with E-state index in [4.69, 9.17) is 11.6 Å². The van der Waals surface area contributed by atoms with Crippen molar-refractivity contribution >= 4 is 65.5 Å². The molecule has 0 bridgehead atoms. The van der Waals surface area contributed by atoms with Gasteiger partial charge in [-0.3, -0.25) is 0 Å². The Morgan fingerprint density at radius 1 is 1.33 bits per heavy atom. The van der Waals surface area contributed by atoms with Gasteiger partial charge in [0.1, 0.15) is 0 Å². The van der Waals surface area contributed by atoms with Crippen molar-refractivity contribution in [3.05, 3.63) is 36.6 Å². The van der Waals surface area contributed by atoms with Crippen LogP contribution in [0.4, 0.5) is 0 Å². The van der Waals surface area contributed by atoms with Crippen LogP contribution < -0.4 is 0 Å². The van der Waals surface area contributed by atoms with Crippen LogP contribution in [-0.2, 0) is 0 Å². The van der Waals surface area contributed by atoms with Gasteiger partial charge in [0.05, 0.1) is 8.41 Å². The van der Waals surface area contributed by atoms with Crippen LogP contribution in [0, 0.1) is 0 Å². The van der Waals surface area contributed by atoms with E-state index < -0.39 is 0 Å². The summed E-state index contributed by atoms with van der Waals surface area (Å²) in [6.07, 6.45) is 1.93. The van der Waals surface area contributed by atoms with Gasteiger partial charge in [-0.05, 0) is 71.6 Å². The molecule has 0 saturated heterocycles. The molecule has 1 aromatic carbocycles. The third kappa shape index (κ3) is 3.21. The third-order valence-corrected chi connectivity index (χ3v) is 2.91. The maximum absolute atomic E-state index is 5.89. The summed E-state index contributed by atoms with van der Waals surface area (Å²) in [6.45, 7) is 0. The number of hydrogen-bond donors (Lipinski definition) is 0. The number of hydrogen-bond acceptors (Lipinski definition) is 0. The molecule has 0 heterocycles. The molecule has 0 amide bonds. The van der Waals surface area contributed by atoms with Gasteiger partial charge in [-0.25, -0.2) is 0 Å². The Kier molecular flexibility index (Phi) is 4.30. The first-order valence-corrected chi connectivity index (χ1v) is 5.83. The van der Waals surface area contributed by atoms with E-state index in [0.717, 1.165) is 13.4 Å². The van der Waals surface area contributed by atoms with Crippen molar-refractivity contribution in [1.82, 2.24) is 0 Å². The van der Waals surface area contributed by atoms with Crippen molar-refractivity contribution in [2.45, 2.75) is 0 Å². The highest BCUT2D eigenvalue weighted by Crippen LogP contribution is 2.25. The van der Waals surface area contributed by atoms with E-state index >= 15 is 0 Å². The minimum absolute atomic E-state index is 0.713. The van der Waals surface area contributed by atoms with E-state index in [9.17, 15) is 0 Å². The lowest BCUT2D eigenvalue weighted by molar-refractivity contribution is 1.61. The molecule has 0 saturated carbocycles. The lowest BCUT2D eigenvalue weighted by Gasteiger charge is -1.97. The van der Waals surface area contributed by atoms with Crippen LogP contribution >= 0.6 is 59.4 Å². The minimum atomic E-state index is 0.713. The van der Waals surface area contributed by atoms with E-state index in [1.165, 1.54) is 0 Å². The maximum atomic E-state index is 5.89. The van der Waals surface area contributed by atoms with E-state index in [0.29, 0.717) is 5.02 Å². The van der Waals surface area contributed by atoms with E-state index in [-0.39, 0.29) is 0 Å². The third-order valence-electron chi connectivity index (χ3n) is 1.22. The summed E-state index contributed by atoms with van der Waals surface area (Å²) in [4.78, 5) is 0. The zero-order valence-corrected chi connectivity index (χ0v) is 11.3. The first-order chi connectivity index (χ1) is 5.59. The van der Waals surface area contributed by atoms with Crippen molar-refractivity contribution in [3.8, 4) is 0 Å². The highest BCUT2D eigenvalue weighted by Gasteiger charge is 1.96. The van der Waals surface area contributed by atoms with Gasteiger partial charge in [-0.2, -0.15) is 0 Å². The van der Waals surface area contributed by atoms with Crippen LogP contribution in [0.2, 0.25) is 5.02 Å². The number of halogens is 4. The SMILES string of the molecule is Clc1cc(C=C(Br)Br)ccc1Br. The predicted molar refractivity (Wildman–Crippen MR) is 65.0 cm³/mol. The van der Waals surface area contributed by atoms with Crippen LogP contribution in [0.1, 0.15) is 5.56 Å². The quantitative estimate of drug-likeness (QED) is 0.634. The second kappa shape index (κ2) is 4.80. The zero-order valence-electron chi connectivity index (χ0n) is 5.82. The van der Waals surface area contributed by atoms with Gasteiger partial charge in [-0.1, -0.05) is 17.7 Å². The molecule has 0 aromatic heterocycles. The lowest BCUT2D eigenvalue weighted by Crippen LogP contribution is -1.73. The average molecular weight is 375 g/mol. The molecule has 12 heavy (non-hydrogen) atoms. The molecule has 0 spiro atoms. The van der Waals surface area contributed by atoms with Gasteiger partial charge < -0.3 is 0 Å². The molecule has 0 unspecified atom stereocenters. The summed E-state index contributed by atoms with van der Waals surface area (Å²) in [7, 11) is 0. The summed E-state index contributed by atoms with van der Waals surface area (Å²) in [5.74, 6) is 0. The normalized spacial score (nSPS) is 9.67. The minimum Gasteiger partial charge on any atom is -0.0831 e. The maximum Gasteiger partial charge on any atom is 0.0610 e. The molecule has 64 valence electrons. The van der Waals surface area contributed by atoms with E-state index in [2.05, 4.69) is 47.8 Å². The standard InChI is InChI=1S/C8H4Br3Cl/c9-6-2-1-5(3-7(6)12)4-8(10)11/h1-4H. The smallest absolute Gasteiger partial charge is 0.0610 e. The van der Waals surface area contributed by atoms with Crippen LogP contribution in [0.15, 0.2) is 26.1 Å². The first-order valence-electron chi connectivity index (χ1n) is 3.07. The van der Waals surface area contributed by atoms with Crippen LogP contribution in [0.5, 0.6) is 0 Å². The van der Waals surface area contributed by atoms with Gasteiger partial charge in [0.2, 0.25) is 0 Å². The largest absolute Gasteiger partial charge is 0.0831 e. The van der Waals surface area contributed by atoms with Gasteiger partial charge >= 0.3 is 0 Å². The van der Waals surface area contributed by atoms with Gasteiger partial charge in [0, 0.05) is 4.47 Å². The number of rotatable bonds is 1. The van der Waals surface area contributed by atoms with Crippen LogP contribution in [-0.4, -0.2) is 0 Å². The van der Waals surface area contributed by atoms with E-state index in [1.807, 2.05) is 24.3 Å². The predicted octanol–water partition coefficient (Wildman–Crippen LogP) is 5.19. The molecular weight excluding hydrogens is 371 g/mol. The van der Waals surface area contributed by atoms with Crippen molar-refractivity contribution < 1.29 is 0 Å². The fraction of sp³-hybridized carbons (Fsp3) is 0. The monoisotopic (exact) mass is 372 g/mol. The first kappa shape index (κ1) is 10.8. The second-order valence-corrected chi connectivity index (χ2v) is 6.14. The molecular formula is C8H4Br3Cl. The van der Waals surface area contributed by atoms with E-state index in [1.54, 1.807) is 0 Å². The Bertz CT molecular complexity index is 316. The van der Waals surface area contributed by atoms with Gasteiger partial charge in [-0.15, -0.1) is 0 Å². The van der Waals surface area contributed by atoms with Gasteiger partial charge in [0.25, 0.3) is 0 Å². The summed E-state index contributed by atoms with van der Waals surface area (Å²) in [5.41, 5.74) is 1.05. The van der Waals surface area contributed by atoms with Gasteiger partial charge in [0.15, 0.2) is 0 Å². The average Bonchev–Trinajstić information content (AvgIpc) is 1.96. The van der Waals surface area contributed by atoms with Crippen molar-refractivity contribution in [2.24, 2.45) is 0 Å². The molecule has 1 aromatic rings. The topological polar surface area (TPSA) is 0 Å².